The highest BCUT2D eigenvalue weighted by Crippen LogP contribution is 2.22. The van der Waals surface area contributed by atoms with Gasteiger partial charge in [0.1, 0.15) is 6.10 Å². The van der Waals surface area contributed by atoms with Crippen LogP contribution in [0.5, 0.6) is 0 Å². The van der Waals surface area contributed by atoms with Crippen LogP contribution < -0.4 is 0 Å². The van der Waals surface area contributed by atoms with E-state index in [0.29, 0.717) is 6.42 Å². The van der Waals surface area contributed by atoms with E-state index in [2.05, 4.69) is 0 Å². The first-order chi connectivity index (χ1) is 5.69. The Morgan fingerprint density at radius 1 is 1.25 bits per heavy atom. The lowest BCUT2D eigenvalue weighted by molar-refractivity contribution is -0.250. The van der Waals surface area contributed by atoms with Crippen LogP contribution in [0.4, 0.5) is 0 Å². The van der Waals surface area contributed by atoms with Gasteiger partial charge in [-0.1, -0.05) is 0 Å². The topological polar surface area (TPSA) is 47.9 Å². The maximum atomic E-state index is 9.35. The van der Waals surface area contributed by atoms with Crippen LogP contribution in [-0.4, -0.2) is 43.9 Å². The number of methoxy groups -OCH3 is 2. The Bertz CT molecular complexity index is 125. The lowest BCUT2D eigenvalue weighted by Crippen LogP contribution is -2.47. The molecule has 1 fully saturated rings. The maximum Gasteiger partial charge on any atom is 0.181 e. The molecule has 1 N–H and O–H groups in total. The largest absolute Gasteiger partial charge is 0.379 e. The van der Waals surface area contributed by atoms with Gasteiger partial charge >= 0.3 is 0 Å². The van der Waals surface area contributed by atoms with Crippen LogP contribution in [0.25, 0.3) is 0 Å². The number of aliphatic hydroxyl groups excluding tert-OH is 1. The van der Waals surface area contributed by atoms with E-state index in [9.17, 15) is 5.11 Å². The number of ether oxygens (including phenoxy) is 3. The van der Waals surface area contributed by atoms with Crippen molar-refractivity contribution in [2.24, 2.45) is 0 Å². The molecule has 0 aromatic rings. The molecule has 12 heavy (non-hydrogen) atoms. The van der Waals surface area contributed by atoms with Gasteiger partial charge in [-0.2, -0.15) is 0 Å². The van der Waals surface area contributed by atoms with Crippen molar-refractivity contribution in [2.75, 3.05) is 14.2 Å². The molecular weight excluding hydrogens is 160 g/mol. The minimum absolute atomic E-state index is 0.0124. The Morgan fingerprint density at radius 3 is 2.33 bits per heavy atom. The summed E-state index contributed by atoms with van der Waals surface area (Å²) in [6.45, 7) is 1.88. The zero-order valence-corrected chi connectivity index (χ0v) is 7.69. The number of hydrogen-bond donors (Lipinski definition) is 1. The van der Waals surface area contributed by atoms with Crippen LogP contribution in [0.15, 0.2) is 0 Å². The van der Waals surface area contributed by atoms with Crippen molar-refractivity contribution in [1.82, 2.24) is 0 Å². The second-order valence-electron chi connectivity index (χ2n) is 3.02. The van der Waals surface area contributed by atoms with Crippen molar-refractivity contribution in [3.05, 3.63) is 0 Å². The first kappa shape index (κ1) is 9.92. The van der Waals surface area contributed by atoms with Crippen molar-refractivity contribution in [2.45, 2.75) is 37.9 Å². The Kier molecular flexibility index (Phi) is 3.46. The van der Waals surface area contributed by atoms with E-state index in [1.807, 2.05) is 6.92 Å². The predicted molar refractivity (Wildman–Crippen MR) is 42.8 cm³/mol. The van der Waals surface area contributed by atoms with Gasteiger partial charge < -0.3 is 19.3 Å². The van der Waals surface area contributed by atoms with Gasteiger partial charge in [0, 0.05) is 20.6 Å². The highest BCUT2D eigenvalue weighted by molar-refractivity contribution is 4.79. The first-order valence-corrected chi connectivity index (χ1v) is 4.08. The third-order valence-corrected chi connectivity index (χ3v) is 2.27. The molecule has 0 spiro atoms. The van der Waals surface area contributed by atoms with Gasteiger partial charge in [0.25, 0.3) is 0 Å². The molecule has 4 heteroatoms. The van der Waals surface area contributed by atoms with Crippen LogP contribution >= 0.6 is 0 Å². The molecule has 72 valence electrons. The van der Waals surface area contributed by atoms with Gasteiger partial charge in [0.2, 0.25) is 0 Å². The van der Waals surface area contributed by atoms with Crippen LogP contribution in [0, 0.1) is 0 Å². The lowest BCUT2D eigenvalue weighted by atomic mass is 10.0. The van der Waals surface area contributed by atoms with E-state index in [0.717, 1.165) is 0 Å². The average molecular weight is 176 g/mol. The molecule has 0 aliphatic carbocycles. The fraction of sp³-hybridized carbons (Fsp3) is 1.00. The van der Waals surface area contributed by atoms with Gasteiger partial charge in [0.05, 0.1) is 12.2 Å². The summed E-state index contributed by atoms with van der Waals surface area (Å²) in [7, 11) is 3.19. The molecule has 2 unspecified atom stereocenters. The van der Waals surface area contributed by atoms with E-state index in [-0.39, 0.29) is 18.3 Å². The second-order valence-corrected chi connectivity index (χ2v) is 3.02. The quantitative estimate of drug-likeness (QED) is 0.650. The normalized spacial score (nSPS) is 43.0. The highest BCUT2D eigenvalue weighted by Gasteiger charge is 2.34. The molecule has 0 aromatic heterocycles. The van der Waals surface area contributed by atoms with Crippen molar-refractivity contribution in [3.63, 3.8) is 0 Å². The molecule has 0 amide bonds. The monoisotopic (exact) mass is 176 g/mol. The average Bonchev–Trinajstić information content (AvgIpc) is 2.05. The smallest absolute Gasteiger partial charge is 0.181 e. The van der Waals surface area contributed by atoms with Gasteiger partial charge in [-0.3, -0.25) is 0 Å². The summed E-state index contributed by atoms with van der Waals surface area (Å²) in [6.07, 6.45) is -0.479. The molecule has 1 aliphatic heterocycles. The minimum atomic E-state index is -0.823. The number of hydrogen-bond acceptors (Lipinski definition) is 4. The van der Waals surface area contributed by atoms with E-state index in [1.165, 1.54) is 0 Å². The second kappa shape index (κ2) is 4.18. The van der Waals surface area contributed by atoms with Gasteiger partial charge in [-0.15, -0.1) is 0 Å². The van der Waals surface area contributed by atoms with Crippen LogP contribution in [0.1, 0.15) is 13.3 Å². The molecule has 1 saturated heterocycles. The fourth-order valence-electron chi connectivity index (χ4n) is 1.43. The summed E-state index contributed by atoms with van der Waals surface area (Å²) >= 11 is 0. The minimum Gasteiger partial charge on any atom is -0.379 e. The Hall–Kier alpha value is -0.160. The van der Waals surface area contributed by atoms with Crippen molar-refractivity contribution >= 4 is 0 Å². The van der Waals surface area contributed by atoms with Crippen molar-refractivity contribution in [3.8, 4) is 0 Å². The fourth-order valence-corrected chi connectivity index (χ4v) is 1.43. The Morgan fingerprint density at radius 2 is 1.83 bits per heavy atom. The number of rotatable bonds is 2. The van der Waals surface area contributed by atoms with Crippen molar-refractivity contribution in [1.29, 1.82) is 0 Å². The molecule has 1 heterocycles. The summed E-state index contributed by atoms with van der Waals surface area (Å²) in [5.74, 6) is 0. The molecular formula is C8H16O4. The zero-order valence-electron chi connectivity index (χ0n) is 7.69. The Labute approximate surface area is 72.4 Å². The molecule has 4 atom stereocenters. The summed E-state index contributed by atoms with van der Waals surface area (Å²) < 4.78 is 15.4. The predicted octanol–water partition coefficient (Wildman–Crippen LogP) is 0.144. The van der Waals surface area contributed by atoms with Gasteiger partial charge in [-0.25, -0.2) is 0 Å². The van der Waals surface area contributed by atoms with Gasteiger partial charge in [0.15, 0.2) is 6.29 Å². The van der Waals surface area contributed by atoms with E-state index in [4.69, 9.17) is 14.2 Å². The zero-order chi connectivity index (χ0) is 9.14. The summed E-state index contributed by atoms with van der Waals surface area (Å²) in [5, 5.41) is 9.35. The molecule has 0 aromatic carbocycles. The third-order valence-electron chi connectivity index (χ3n) is 2.27. The molecule has 1 rings (SSSR count). The van der Waals surface area contributed by atoms with Crippen LogP contribution in [-0.2, 0) is 14.2 Å². The lowest BCUT2D eigenvalue weighted by Gasteiger charge is -2.36. The molecule has 0 radical (unpaired) electrons. The van der Waals surface area contributed by atoms with E-state index >= 15 is 0 Å². The highest BCUT2D eigenvalue weighted by atomic mass is 16.7. The molecule has 0 bridgehead atoms. The Balaban J connectivity index is 2.50. The maximum absolute atomic E-state index is 9.35. The standard InChI is InChI=1S/C8H16O4/c1-5-6(10-2)4-7(11-3)8(9)12-5/h5-9H,4H2,1-3H3/t5-,6?,7+,8?/m0/s1. The van der Waals surface area contributed by atoms with Crippen LogP contribution in [0.2, 0.25) is 0 Å². The summed E-state index contributed by atoms with van der Waals surface area (Å²) in [4.78, 5) is 0. The van der Waals surface area contributed by atoms with Gasteiger partial charge in [-0.05, 0) is 6.92 Å². The SMILES string of the molecule is COC1C[C@@H](OC)C(O)O[C@H]1C. The molecule has 4 nitrogen and oxygen atoms in total. The van der Waals surface area contributed by atoms with Crippen LogP contribution in [0.3, 0.4) is 0 Å². The summed E-state index contributed by atoms with van der Waals surface area (Å²) in [5.41, 5.74) is 0. The molecule has 0 saturated carbocycles. The third kappa shape index (κ3) is 1.95. The van der Waals surface area contributed by atoms with E-state index in [1.54, 1.807) is 14.2 Å². The van der Waals surface area contributed by atoms with E-state index < -0.39 is 6.29 Å². The molecule has 1 aliphatic rings. The van der Waals surface area contributed by atoms with Crippen molar-refractivity contribution < 1.29 is 19.3 Å². The number of aliphatic hydroxyl groups is 1. The summed E-state index contributed by atoms with van der Waals surface area (Å²) in [6, 6.07) is 0. The first-order valence-electron chi connectivity index (χ1n) is 4.08.